The molecule has 0 unspecified atom stereocenters. The Labute approximate surface area is 191 Å². The molecule has 3 aromatic carbocycles. The lowest BCUT2D eigenvalue weighted by Crippen LogP contribution is -2.38. The Bertz CT molecular complexity index is 1330. The van der Waals surface area contributed by atoms with E-state index in [4.69, 9.17) is 0 Å². The molecule has 0 aromatic heterocycles. The maximum atomic E-state index is 13.9. The highest BCUT2D eigenvalue weighted by molar-refractivity contribution is 7.92. The minimum Gasteiger partial charge on any atom is -0.322 e. The molecular formula is C24H23F2N3O3S. The average molecular weight is 472 g/mol. The van der Waals surface area contributed by atoms with Crippen LogP contribution in [0, 0.1) is 11.6 Å². The summed E-state index contributed by atoms with van der Waals surface area (Å²) in [5.41, 5.74) is 4.01. The lowest BCUT2D eigenvalue weighted by atomic mass is 9.87. The maximum absolute atomic E-state index is 13.9. The molecule has 1 aliphatic heterocycles. The number of amides is 1. The molecule has 9 heteroatoms. The topological polar surface area (TPSA) is 78.5 Å². The zero-order valence-electron chi connectivity index (χ0n) is 18.3. The Morgan fingerprint density at radius 3 is 2.33 bits per heavy atom. The van der Waals surface area contributed by atoms with Crippen molar-refractivity contribution < 1.29 is 22.0 Å². The van der Waals surface area contributed by atoms with Gasteiger partial charge in [-0.3, -0.25) is 4.79 Å². The van der Waals surface area contributed by atoms with Crippen LogP contribution in [0.2, 0.25) is 0 Å². The first kappa shape index (κ1) is 22.9. The van der Waals surface area contributed by atoms with Gasteiger partial charge < -0.3 is 5.32 Å². The highest BCUT2D eigenvalue weighted by Gasteiger charge is 2.32. The molecule has 0 spiro atoms. The summed E-state index contributed by atoms with van der Waals surface area (Å²) >= 11 is 0. The number of hydrazine groups is 1. The van der Waals surface area contributed by atoms with Crippen molar-refractivity contribution >= 4 is 27.3 Å². The number of rotatable bonds is 4. The fourth-order valence-electron chi connectivity index (χ4n) is 3.57. The minimum atomic E-state index is -3.96. The molecule has 0 atom stereocenters. The molecule has 0 saturated heterocycles. The lowest BCUT2D eigenvalue weighted by molar-refractivity contribution is 0.101. The van der Waals surface area contributed by atoms with Gasteiger partial charge in [-0.05, 0) is 52.9 Å². The van der Waals surface area contributed by atoms with Crippen molar-refractivity contribution in [2.45, 2.75) is 37.6 Å². The van der Waals surface area contributed by atoms with Gasteiger partial charge in [-0.15, -0.1) is 0 Å². The highest BCUT2D eigenvalue weighted by atomic mass is 32.2. The Morgan fingerprint density at radius 1 is 1.00 bits per heavy atom. The van der Waals surface area contributed by atoms with Crippen molar-refractivity contribution in [2.75, 3.05) is 9.73 Å². The van der Waals surface area contributed by atoms with E-state index in [0.29, 0.717) is 11.3 Å². The Hall–Kier alpha value is -3.30. The van der Waals surface area contributed by atoms with Gasteiger partial charge in [0.1, 0.15) is 17.2 Å². The highest BCUT2D eigenvalue weighted by Crippen LogP contribution is 2.34. The molecule has 0 fully saturated rings. The molecule has 3 aromatic rings. The van der Waals surface area contributed by atoms with Crippen LogP contribution < -0.4 is 15.2 Å². The predicted octanol–water partition coefficient (Wildman–Crippen LogP) is 4.73. The number of carbonyl (C=O) groups is 1. The molecule has 1 amide bonds. The van der Waals surface area contributed by atoms with E-state index in [1.165, 1.54) is 18.2 Å². The van der Waals surface area contributed by atoms with E-state index in [-0.39, 0.29) is 22.5 Å². The van der Waals surface area contributed by atoms with Gasteiger partial charge in [0.25, 0.3) is 15.9 Å². The van der Waals surface area contributed by atoms with Crippen molar-refractivity contribution in [3.05, 3.63) is 89.0 Å². The van der Waals surface area contributed by atoms with Crippen LogP contribution in [0.15, 0.2) is 65.6 Å². The number of hydrogen-bond acceptors (Lipinski definition) is 4. The molecule has 0 saturated carbocycles. The van der Waals surface area contributed by atoms with Gasteiger partial charge in [0.2, 0.25) is 0 Å². The average Bonchev–Trinajstić information content (AvgIpc) is 3.17. The van der Waals surface area contributed by atoms with Crippen molar-refractivity contribution in [1.29, 1.82) is 0 Å². The number of sulfonamides is 1. The van der Waals surface area contributed by atoms with Gasteiger partial charge in [0.05, 0.1) is 10.6 Å². The summed E-state index contributed by atoms with van der Waals surface area (Å²) in [6.07, 6.45) is 0. The molecule has 2 N–H and O–H groups in total. The van der Waals surface area contributed by atoms with E-state index in [9.17, 15) is 22.0 Å². The summed E-state index contributed by atoms with van der Waals surface area (Å²) in [5, 5.41) is 2.44. The first-order chi connectivity index (χ1) is 15.5. The van der Waals surface area contributed by atoms with E-state index in [0.717, 1.165) is 22.1 Å². The SMILES string of the molecule is CC(C)(C)c1cccc(S(=O)(=O)N2NCc3ccc(NC(=O)c4c(F)cccc4F)cc32)c1. The van der Waals surface area contributed by atoms with Gasteiger partial charge in [0.15, 0.2) is 0 Å². The van der Waals surface area contributed by atoms with Gasteiger partial charge in [-0.25, -0.2) is 14.2 Å². The van der Waals surface area contributed by atoms with E-state index in [2.05, 4.69) is 10.7 Å². The normalized spacial score (nSPS) is 13.7. The van der Waals surface area contributed by atoms with Gasteiger partial charge in [-0.2, -0.15) is 12.8 Å². The molecule has 33 heavy (non-hydrogen) atoms. The summed E-state index contributed by atoms with van der Waals surface area (Å²) in [6.45, 7) is 6.25. The van der Waals surface area contributed by atoms with E-state index >= 15 is 0 Å². The molecule has 172 valence electrons. The Balaban J connectivity index is 1.66. The first-order valence-corrected chi connectivity index (χ1v) is 11.7. The summed E-state index contributed by atoms with van der Waals surface area (Å²) in [4.78, 5) is 12.6. The van der Waals surface area contributed by atoms with E-state index in [1.807, 2.05) is 26.8 Å². The van der Waals surface area contributed by atoms with Crippen LogP contribution in [-0.4, -0.2) is 14.3 Å². The summed E-state index contributed by atoms with van der Waals surface area (Å²) < 4.78 is 55.7. The largest absolute Gasteiger partial charge is 0.322 e. The number of hydrogen-bond donors (Lipinski definition) is 2. The minimum absolute atomic E-state index is 0.123. The van der Waals surface area contributed by atoms with Crippen LogP contribution in [0.4, 0.5) is 20.2 Å². The lowest BCUT2D eigenvalue weighted by Gasteiger charge is -2.23. The number of halogens is 2. The second-order valence-electron chi connectivity index (χ2n) is 8.78. The number of carbonyl (C=O) groups excluding carboxylic acids is 1. The van der Waals surface area contributed by atoms with Crippen LogP contribution in [0.5, 0.6) is 0 Å². The van der Waals surface area contributed by atoms with Gasteiger partial charge >= 0.3 is 0 Å². The number of nitrogens with one attached hydrogen (secondary N) is 2. The predicted molar refractivity (Wildman–Crippen MR) is 122 cm³/mol. The third-order valence-corrected chi connectivity index (χ3v) is 7.06. The second-order valence-corrected chi connectivity index (χ2v) is 10.6. The standard InChI is InChI=1S/C24H23F2N3O3S/c1-24(2,3)16-6-4-7-18(12-16)33(31,32)29-21-13-17(11-10-15(21)14-27-29)28-23(30)22-19(25)8-5-9-20(22)26/h4-13,27H,14H2,1-3H3,(H,28,30). The van der Waals surface area contributed by atoms with Gasteiger partial charge in [-0.1, -0.05) is 45.0 Å². The molecule has 1 heterocycles. The Kier molecular flexibility index (Phi) is 5.71. The molecular weight excluding hydrogens is 448 g/mol. The van der Waals surface area contributed by atoms with Crippen LogP contribution in [0.25, 0.3) is 0 Å². The number of fused-ring (bicyclic) bond motifs is 1. The number of nitrogens with zero attached hydrogens (tertiary/aromatic N) is 1. The van der Waals surface area contributed by atoms with Crippen LogP contribution in [-0.2, 0) is 22.0 Å². The zero-order chi connectivity index (χ0) is 24.0. The van der Waals surface area contributed by atoms with Crippen molar-refractivity contribution in [2.24, 2.45) is 0 Å². The maximum Gasteiger partial charge on any atom is 0.277 e. The number of benzene rings is 3. The van der Waals surface area contributed by atoms with Gasteiger partial charge in [0, 0.05) is 12.2 Å². The molecule has 0 aliphatic carbocycles. The third kappa shape index (κ3) is 4.34. The third-order valence-electron chi connectivity index (χ3n) is 5.40. The number of anilines is 2. The Morgan fingerprint density at radius 2 is 1.67 bits per heavy atom. The fraction of sp³-hybridized carbons (Fsp3) is 0.208. The fourth-order valence-corrected chi connectivity index (χ4v) is 4.97. The van der Waals surface area contributed by atoms with Crippen LogP contribution in [0.3, 0.4) is 0 Å². The van der Waals surface area contributed by atoms with E-state index in [1.54, 1.807) is 24.3 Å². The van der Waals surface area contributed by atoms with Crippen molar-refractivity contribution in [3.8, 4) is 0 Å². The molecule has 0 radical (unpaired) electrons. The van der Waals surface area contributed by atoms with Crippen molar-refractivity contribution in [3.63, 3.8) is 0 Å². The molecule has 4 rings (SSSR count). The van der Waals surface area contributed by atoms with Crippen LogP contribution >= 0.6 is 0 Å². The smallest absolute Gasteiger partial charge is 0.277 e. The summed E-state index contributed by atoms with van der Waals surface area (Å²) in [5.74, 6) is -2.94. The van der Waals surface area contributed by atoms with E-state index < -0.39 is 33.1 Å². The monoisotopic (exact) mass is 471 g/mol. The molecule has 6 nitrogen and oxygen atoms in total. The first-order valence-electron chi connectivity index (χ1n) is 10.3. The summed E-state index contributed by atoms with van der Waals surface area (Å²) in [6, 6.07) is 14.5. The zero-order valence-corrected chi connectivity index (χ0v) is 19.1. The summed E-state index contributed by atoms with van der Waals surface area (Å²) in [7, 11) is -3.96. The second kappa shape index (κ2) is 8.24. The molecule has 1 aliphatic rings. The molecule has 0 bridgehead atoms. The quantitative estimate of drug-likeness (QED) is 0.577. The van der Waals surface area contributed by atoms with Crippen molar-refractivity contribution in [1.82, 2.24) is 5.43 Å². The van der Waals surface area contributed by atoms with Crippen LogP contribution in [0.1, 0.15) is 42.3 Å².